The number of likely N-dealkylation sites (N-methyl/N-ethyl adjacent to an activating group) is 1. The van der Waals surface area contributed by atoms with Crippen molar-refractivity contribution in [1.29, 1.82) is 0 Å². The number of carbonyl (C=O) groups excluding carboxylic acids is 3. The fraction of sp³-hybridized carbons (Fsp3) is 0.250. The van der Waals surface area contributed by atoms with Gasteiger partial charge in [-0.1, -0.05) is 35.4 Å². The second kappa shape index (κ2) is 9.85. The number of carbonyl (C=O) groups is 3. The maximum Gasteiger partial charge on any atom is 0.325 e. The van der Waals surface area contributed by atoms with E-state index in [0.29, 0.717) is 5.56 Å². The number of hydrogen-bond acceptors (Lipinski definition) is 4. The largest absolute Gasteiger partial charge is 0.454 e. The van der Waals surface area contributed by atoms with Crippen molar-refractivity contribution in [2.75, 3.05) is 20.2 Å². The Balaban J connectivity index is 1.78. The van der Waals surface area contributed by atoms with Gasteiger partial charge in [-0.15, -0.1) is 0 Å². The van der Waals surface area contributed by atoms with Crippen molar-refractivity contribution >= 4 is 29.4 Å². The Morgan fingerprint density at radius 2 is 1.89 bits per heavy atom. The minimum Gasteiger partial charge on any atom is -0.454 e. The second-order valence-electron chi connectivity index (χ2n) is 6.16. The van der Waals surface area contributed by atoms with Crippen LogP contribution in [-0.4, -0.2) is 42.9 Å². The Morgan fingerprint density at radius 1 is 1.18 bits per heavy atom. The van der Waals surface area contributed by atoms with Gasteiger partial charge in [-0.25, -0.2) is 4.39 Å². The highest BCUT2D eigenvalue weighted by Crippen LogP contribution is 2.20. The average Bonchev–Trinajstić information content (AvgIpc) is 2.66. The molecular weight excluding hydrogens is 387 g/mol. The van der Waals surface area contributed by atoms with Gasteiger partial charge in [-0.05, 0) is 31.2 Å². The molecule has 0 aromatic heterocycles. The number of aryl methyl sites for hydroxylation is 1. The van der Waals surface area contributed by atoms with E-state index in [-0.39, 0.29) is 23.7 Å². The number of ether oxygens (including phenoxy) is 1. The molecule has 0 saturated heterocycles. The highest BCUT2D eigenvalue weighted by Gasteiger charge is 2.16. The summed E-state index contributed by atoms with van der Waals surface area (Å²) in [6.45, 7) is 0.887. The summed E-state index contributed by atoms with van der Waals surface area (Å²) in [6.07, 6.45) is 0. The van der Waals surface area contributed by atoms with E-state index in [4.69, 9.17) is 16.3 Å². The first-order valence-electron chi connectivity index (χ1n) is 8.45. The van der Waals surface area contributed by atoms with Crippen molar-refractivity contribution in [3.05, 3.63) is 70.0 Å². The molecule has 0 spiro atoms. The Morgan fingerprint density at radius 3 is 2.57 bits per heavy atom. The van der Waals surface area contributed by atoms with Gasteiger partial charge in [0.05, 0.1) is 0 Å². The summed E-state index contributed by atoms with van der Waals surface area (Å²) in [6, 6.07) is 11.1. The van der Waals surface area contributed by atoms with Crippen LogP contribution in [0.15, 0.2) is 42.5 Å². The summed E-state index contributed by atoms with van der Waals surface area (Å²) in [7, 11) is 1.44. The number of nitrogens with one attached hydrogen (secondary N) is 1. The molecule has 148 valence electrons. The van der Waals surface area contributed by atoms with E-state index in [1.54, 1.807) is 18.2 Å². The molecule has 2 aromatic rings. The molecule has 0 aliphatic heterocycles. The van der Waals surface area contributed by atoms with Crippen LogP contribution in [0.25, 0.3) is 0 Å². The summed E-state index contributed by atoms with van der Waals surface area (Å²) in [5, 5.41) is 2.63. The number of nitrogens with zero attached hydrogens (tertiary/aromatic N) is 1. The zero-order valence-corrected chi connectivity index (χ0v) is 16.3. The second-order valence-corrected chi connectivity index (χ2v) is 6.57. The molecule has 6 nitrogen and oxygen atoms in total. The van der Waals surface area contributed by atoms with Crippen molar-refractivity contribution in [2.45, 2.75) is 13.5 Å². The van der Waals surface area contributed by atoms with Crippen LogP contribution in [0.2, 0.25) is 5.02 Å². The Kier molecular flexibility index (Phi) is 7.52. The number of hydrogen-bond donors (Lipinski definition) is 1. The lowest BCUT2D eigenvalue weighted by atomic mass is 10.1. The molecule has 0 unspecified atom stereocenters. The van der Waals surface area contributed by atoms with Gasteiger partial charge >= 0.3 is 5.97 Å². The molecule has 0 atom stereocenters. The lowest BCUT2D eigenvalue weighted by Gasteiger charge is -2.18. The molecule has 0 aliphatic rings. The number of rotatable bonds is 7. The molecule has 1 N–H and O–H groups in total. The summed E-state index contributed by atoms with van der Waals surface area (Å²) >= 11 is 5.93. The van der Waals surface area contributed by atoms with Crippen LogP contribution in [0.3, 0.4) is 0 Å². The van der Waals surface area contributed by atoms with Crippen molar-refractivity contribution < 1.29 is 23.5 Å². The molecule has 0 radical (unpaired) electrons. The molecular formula is C20H20ClFN2O4. The summed E-state index contributed by atoms with van der Waals surface area (Å²) in [5.74, 6) is -2.23. The standard InChI is InChI=1S/C20H20ClFN2O4/c1-13-5-3-6-14(9-13)20(27)23-10-19(26)28-12-18(25)24(2)11-15-16(21)7-4-8-17(15)22/h3-9H,10-12H2,1-2H3,(H,23,27). The highest BCUT2D eigenvalue weighted by atomic mass is 35.5. The number of benzene rings is 2. The van der Waals surface area contributed by atoms with E-state index in [2.05, 4.69) is 5.32 Å². The lowest BCUT2D eigenvalue weighted by Crippen LogP contribution is -2.34. The number of esters is 1. The quantitative estimate of drug-likeness (QED) is 0.717. The summed E-state index contributed by atoms with van der Waals surface area (Å²) in [4.78, 5) is 37.0. The zero-order chi connectivity index (χ0) is 20.7. The Bertz CT molecular complexity index is 868. The minimum atomic E-state index is -0.758. The van der Waals surface area contributed by atoms with Gasteiger partial charge in [0.2, 0.25) is 0 Å². The maximum atomic E-state index is 13.8. The first kappa shape index (κ1) is 21.4. The van der Waals surface area contributed by atoms with Crippen LogP contribution in [-0.2, 0) is 20.9 Å². The topological polar surface area (TPSA) is 75.7 Å². The summed E-state index contributed by atoms with van der Waals surface area (Å²) < 4.78 is 18.6. The Hall–Kier alpha value is -2.93. The predicted octanol–water partition coefficient (Wildman–Crippen LogP) is 2.72. The number of amides is 2. The van der Waals surface area contributed by atoms with Crippen LogP contribution < -0.4 is 5.32 Å². The van der Waals surface area contributed by atoms with E-state index in [1.165, 1.54) is 30.1 Å². The fourth-order valence-electron chi connectivity index (χ4n) is 2.35. The first-order chi connectivity index (χ1) is 13.3. The van der Waals surface area contributed by atoms with Crippen LogP contribution in [0.4, 0.5) is 4.39 Å². The lowest BCUT2D eigenvalue weighted by molar-refractivity contribution is -0.150. The third-order valence-corrected chi connectivity index (χ3v) is 4.27. The predicted molar refractivity (Wildman–Crippen MR) is 102 cm³/mol. The van der Waals surface area contributed by atoms with Crippen molar-refractivity contribution in [2.24, 2.45) is 0 Å². The van der Waals surface area contributed by atoms with Gasteiger partial charge in [-0.2, -0.15) is 0 Å². The van der Waals surface area contributed by atoms with Gasteiger partial charge < -0.3 is 15.0 Å². The van der Waals surface area contributed by atoms with E-state index >= 15 is 0 Å². The average molecular weight is 407 g/mol. The van der Waals surface area contributed by atoms with Crippen molar-refractivity contribution in [1.82, 2.24) is 10.2 Å². The first-order valence-corrected chi connectivity index (χ1v) is 8.83. The molecule has 0 bridgehead atoms. The van der Waals surface area contributed by atoms with Gasteiger partial charge in [0, 0.05) is 29.7 Å². The van der Waals surface area contributed by atoms with Gasteiger partial charge in [-0.3, -0.25) is 14.4 Å². The Labute approximate surface area is 167 Å². The maximum absolute atomic E-state index is 13.8. The molecule has 0 aliphatic carbocycles. The molecule has 2 aromatic carbocycles. The smallest absolute Gasteiger partial charge is 0.325 e. The molecule has 0 heterocycles. The fourth-order valence-corrected chi connectivity index (χ4v) is 2.58. The summed E-state index contributed by atoms with van der Waals surface area (Å²) in [5.41, 5.74) is 1.51. The van der Waals surface area contributed by atoms with Gasteiger partial charge in [0.25, 0.3) is 11.8 Å². The molecule has 0 fully saturated rings. The third kappa shape index (κ3) is 6.06. The molecule has 0 saturated carbocycles. The van der Waals surface area contributed by atoms with Gasteiger partial charge in [0.15, 0.2) is 6.61 Å². The SMILES string of the molecule is Cc1cccc(C(=O)NCC(=O)OCC(=O)N(C)Cc2c(F)cccc2Cl)c1. The molecule has 28 heavy (non-hydrogen) atoms. The number of halogens is 2. The van der Waals surface area contributed by atoms with Gasteiger partial charge in [0.1, 0.15) is 12.4 Å². The normalized spacial score (nSPS) is 10.3. The van der Waals surface area contributed by atoms with Crippen molar-refractivity contribution in [3.8, 4) is 0 Å². The third-order valence-electron chi connectivity index (χ3n) is 3.91. The van der Waals surface area contributed by atoms with Crippen molar-refractivity contribution in [3.63, 3.8) is 0 Å². The van der Waals surface area contributed by atoms with E-state index in [0.717, 1.165) is 5.56 Å². The highest BCUT2D eigenvalue weighted by molar-refractivity contribution is 6.31. The van der Waals surface area contributed by atoms with Crippen LogP contribution in [0.1, 0.15) is 21.5 Å². The molecule has 8 heteroatoms. The van der Waals surface area contributed by atoms with Crippen LogP contribution in [0.5, 0.6) is 0 Å². The van der Waals surface area contributed by atoms with Crippen LogP contribution in [0, 0.1) is 12.7 Å². The monoisotopic (exact) mass is 406 g/mol. The molecule has 2 amide bonds. The minimum absolute atomic E-state index is 0.0635. The van der Waals surface area contributed by atoms with E-state index < -0.39 is 30.2 Å². The molecule has 2 rings (SSSR count). The van der Waals surface area contributed by atoms with E-state index in [9.17, 15) is 18.8 Å². The van der Waals surface area contributed by atoms with E-state index in [1.807, 2.05) is 13.0 Å². The zero-order valence-electron chi connectivity index (χ0n) is 15.5. The van der Waals surface area contributed by atoms with Crippen LogP contribution >= 0.6 is 11.6 Å².